The fourth-order valence-corrected chi connectivity index (χ4v) is 1.10. The smallest absolute Gasteiger partial charge is 1.00 e. The summed E-state index contributed by atoms with van der Waals surface area (Å²) in [5, 5.41) is 0. The van der Waals surface area contributed by atoms with Crippen molar-refractivity contribution < 1.29 is 21.5 Å². The normalized spacial score (nSPS) is 19.0. The Balaban J connectivity index is 0. The second-order valence-corrected chi connectivity index (χ2v) is 3.21. The largest absolute Gasteiger partial charge is 1.00 e. The molecule has 1 rings (SSSR count). The van der Waals surface area contributed by atoms with Gasteiger partial charge in [0.2, 0.25) is 0 Å². The summed E-state index contributed by atoms with van der Waals surface area (Å²) < 4.78 is 1.54. The van der Waals surface area contributed by atoms with E-state index in [4.69, 9.17) is 0 Å². The van der Waals surface area contributed by atoms with Gasteiger partial charge in [-0.15, -0.1) is 0 Å². The third-order valence-corrected chi connectivity index (χ3v) is 2.60. The third kappa shape index (κ3) is 1.01. The Labute approximate surface area is 57.2 Å². The molecule has 41 valence electrons. The fourth-order valence-electron chi connectivity index (χ4n) is 0.586. The summed E-state index contributed by atoms with van der Waals surface area (Å²) in [5.74, 6) is 0. The number of hydrogen-bond acceptors (Lipinski definition) is 0. The predicted molar refractivity (Wildman–Crippen MR) is 28.7 cm³/mol. The van der Waals surface area contributed by atoms with Gasteiger partial charge in [-0.2, -0.15) is 0 Å². The first-order valence-corrected chi connectivity index (χ1v) is 3.58. The van der Waals surface area contributed by atoms with Crippen LogP contribution in [0.4, 0.5) is 0 Å². The van der Waals surface area contributed by atoms with Crippen LogP contribution in [0.3, 0.4) is 0 Å². The fraction of sp³-hybridized carbons (Fsp3) is 0.333. The molecule has 1 aliphatic carbocycles. The summed E-state index contributed by atoms with van der Waals surface area (Å²) in [6.45, 7) is 2.16. The molecule has 0 heterocycles. The van der Waals surface area contributed by atoms with Crippen molar-refractivity contribution in [3.8, 4) is 0 Å². The van der Waals surface area contributed by atoms with E-state index >= 15 is 0 Å². The van der Waals surface area contributed by atoms with Crippen LogP contribution >= 0.6 is 0 Å². The van der Waals surface area contributed by atoms with Gasteiger partial charge >= 0.3 is 53.8 Å². The van der Waals surface area contributed by atoms with Crippen LogP contribution in [-0.2, 0) is 18.6 Å². The summed E-state index contributed by atoms with van der Waals surface area (Å²) in [6.07, 6.45) is 5.57. The van der Waals surface area contributed by atoms with Crippen molar-refractivity contribution in [3.05, 3.63) is 21.9 Å². The molecule has 1 heteroatoms. The molecular formula is C6H9Os. The van der Waals surface area contributed by atoms with Gasteiger partial charge < -0.3 is 2.85 Å². The van der Waals surface area contributed by atoms with E-state index in [0.717, 1.165) is 0 Å². The molecule has 0 aromatic heterocycles. The Morgan fingerprint density at radius 2 is 2.57 bits per heavy atom. The zero-order valence-electron chi connectivity index (χ0n) is 6.22. The Kier molecular flexibility index (Phi) is 1.45. The van der Waals surface area contributed by atoms with Gasteiger partial charge in [-0.1, -0.05) is 0 Å². The van der Waals surface area contributed by atoms with Crippen molar-refractivity contribution in [2.45, 2.75) is 13.3 Å². The maximum Gasteiger partial charge on any atom is -1.00 e. The van der Waals surface area contributed by atoms with Gasteiger partial charge in [-0.25, -0.2) is 0 Å². The Hall–Kier alpha value is 0.116. The van der Waals surface area contributed by atoms with Crippen LogP contribution in [0.5, 0.6) is 0 Å². The van der Waals surface area contributed by atoms with Crippen LogP contribution in [0.25, 0.3) is 0 Å². The van der Waals surface area contributed by atoms with Gasteiger partial charge in [-0.3, -0.25) is 0 Å². The van der Waals surface area contributed by atoms with Gasteiger partial charge in [0.25, 0.3) is 0 Å². The van der Waals surface area contributed by atoms with Crippen LogP contribution < -0.4 is 0 Å². The van der Waals surface area contributed by atoms with Gasteiger partial charge in [-0.05, 0) is 0 Å². The first kappa shape index (κ1) is 5.26. The van der Waals surface area contributed by atoms with Gasteiger partial charge in [0.1, 0.15) is 0 Å². The van der Waals surface area contributed by atoms with Crippen molar-refractivity contribution in [1.82, 2.24) is 0 Å². The van der Waals surface area contributed by atoms with E-state index in [9.17, 15) is 0 Å². The van der Waals surface area contributed by atoms with E-state index < -0.39 is 0 Å². The molecule has 0 aromatic rings. The molecule has 0 unspecified atom stereocenters. The molecule has 0 fully saturated rings. The summed E-state index contributed by atoms with van der Waals surface area (Å²) in [6, 6.07) is 0. The standard InChI is InChI=1S/C6H7.Os.2H/c1-6-4-2-3-5-6;;;/h2,4H,3H2,1H3;;;/q;+2;2*-1. The Morgan fingerprint density at radius 3 is 2.71 bits per heavy atom. The molecule has 0 radical (unpaired) electrons. The van der Waals surface area contributed by atoms with E-state index in [-0.39, 0.29) is 2.85 Å². The number of allylic oxidation sites excluding steroid dienone is 4. The maximum absolute atomic E-state index is 2.21. The maximum atomic E-state index is 2.21. The second kappa shape index (κ2) is 1.93. The van der Waals surface area contributed by atoms with Crippen molar-refractivity contribution in [2.75, 3.05) is 0 Å². The quantitative estimate of drug-likeness (QED) is 0.632. The summed E-state index contributed by atoms with van der Waals surface area (Å²) in [7, 11) is 0. The monoisotopic (exact) mass is 273 g/mol. The van der Waals surface area contributed by atoms with E-state index in [1.54, 1.807) is 4.13 Å². The zero-order chi connectivity index (χ0) is 5.28. The van der Waals surface area contributed by atoms with Crippen LogP contribution in [-0.4, -0.2) is 0 Å². The molecule has 0 aliphatic heterocycles. The molecule has 0 saturated heterocycles. The van der Waals surface area contributed by atoms with Crippen LogP contribution in [0.2, 0.25) is 0 Å². The minimum Gasteiger partial charge on any atom is -1.00 e. The zero-order valence-corrected chi connectivity index (χ0v) is 6.76. The third-order valence-electron chi connectivity index (χ3n) is 1.08. The molecular weight excluding hydrogens is 262 g/mol. The minimum absolute atomic E-state index is 0. The van der Waals surface area contributed by atoms with Crippen LogP contribution in [0, 0.1) is 0 Å². The molecule has 0 bridgehead atoms. The molecule has 0 saturated carbocycles. The predicted octanol–water partition coefficient (Wildman–Crippen LogP) is 1.99. The summed E-state index contributed by atoms with van der Waals surface area (Å²) >= 11 is 1.99. The average molecular weight is 271 g/mol. The molecule has 0 N–H and O–H groups in total. The summed E-state index contributed by atoms with van der Waals surface area (Å²) in [4.78, 5) is 0. The number of rotatable bonds is 0. The molecule has 0 atom stereocenters. The van der Waals surface area contributed by atoms with E-state index in [2.05, 4.69) is 19.1 Å². The SMILES string of the molecule is CC1=[C]([Os+2])CC=C1.[H-].[H-]. The molecule has 7 heavy (non-hydrogen) atoms. The van der Waals surface area contributed by atoms with Crippen molar-refractivity contribution in [1.29, 1.82) is 0 Å². The molecule has 0 nitrogen and oxygen atoms in total. The molecule has 0 spiro atoms. The topological polar surface area (TPSA) is 0 Å². The van der Waals surface area contributed by atoms with Gasteiger partial charge in [0, 0.05) is 0 Å². The van der Waals surface area contributed by atoms with Gasteiger partial charge in [0.15, 0.2) is 0 Å². The Bertz CT molecular complexity index is 138. The summed E-state index contributed by atoms with van der Waals surface area (Å²) in [5.41, 5.74) is 1.46. The van der Waals surface area contributed by atoms with Crippen molar-refractivity contribution >= 4 is 0 Å². The van der Waals surface area contributed by atoms with E-state index in [0.29, 0.717) is 0 Å². The number of hydrogen-bond donors (Lipinski definition) is 0. The van der Waals surface area contributed by atoms with E-state index in [1.165, 1.54) is 12.0 Å². The Morgan fingerprint density at radius 1 is 1.86 bits per heavy atom. The average Bonchev–Trinajstić information content (AvgIpc) is 1.91. The first-order chi connectivity index (χ1) is 3.30. The molecule has 0 amide bonds. The first-order valence-electron chi connectivity index (χ1n) is 2.31. The van der Waals surface area contributed by atoms with Crippen LogP contribution in [0.15, 0.2) is 21.9 Å². The minimum atomic E-state index is 0. The molecule has 1 aliphatic rings. The van der Waals surface area contributed by atoms with Crippen LogP contribution in [0.1, 0.15) is 16.2 Å². The van der Waals surface area contributed by atoms with Gasteiger partial charge in [0.05, 0.1) is 0 Å². The molecule has 0 aromatic carbocycles. The van der Waals surface area contributed by atoms with E-state index in [1.807, 2.05) is 18.6 Å². The van der Waals surface area contributed by atoms with Crippen molar-refractivity contribution in [2.24, 2.45) is 0 Å². The van der Waals surface area contributed by atoms with Crippen molar-refractivity contribution in [3.63, 3.8) is 0 Å². The second-order valence-electron chi connectivity index (χ2n) is 1.68.